The van der Waals surface area contributed by atoms with Gasteiger partial charge < -0.3 is 25.2 Å². The maximum absolute atomic E-state index is 12.7. The molecule has 2 aliphatic rings. The Labute approximate surface area is 272 Å². The number of carbonyl (C=O) groups is 2. The molecule has 3 aromatic carbocycles. The van der Waals surface area contributed by atoms with Gasteiger partial charge in [-0.2, -0.15) is 0 Å². The number of aliphatic hydroxyl groups is 1. The van der Waals surface area contributed by atoms with Crippen molar-refractivity contribution < 1.29 is 24.2 Å². The summed E-state index contributed by atoms with van der Waals surface area (Å²) in [5.41, 5.74) is 4.86. The quantitative estimate of drug-likeness (QED) is 0.212. The average Bonchev–Trinajstić information content (AvgIpc) is 3.07. The third kappa shape index (κ3) is 10.5. The second kappa shape index (κ2) is 17.4. The SMILES string of the molecule is CC(=O)NCCCCCC(=O)Nc1cccc([C@@H]2O[C@H](CN3CCN(Cc4ccccc4)CC3)C[C@H](c3ccc(CO)cc3)O2)c1. The number of aliphatic hydroxyl groups excluding tert-OH is 1. The standard InChI is InChI=1S/C37H48N4O5/c1-28(43)38-18-7-3-6-13-36(44)39-33-12-8-11-32(23-33)37-45-34(24-35(46-37)31-16-14-30(27-42)15-17-31)26-41-21-19-40(20-22-41)25-29-9-4-2-5-10-29/h2,4-5,8-12,14-17,23,34-35,37,42H,3,6-7,13,18-22,24-27H2,1H3,(H,38,43)(H,39,44)/t34-,35+,37+/m0/s1. The molecule has 0 saturated carbocycles. The molecule has 2 aliphatic heterocycles. The zero-order valence-corrected chi connectivity index (χ0v) is 26.9. The number of nitrogens with one attached hydrogen (secondary N) is 2. The Balaban J connectivity index is 1.19. The van der Waals surface area contributed by atoms with Crippen LogP contribution in [-0.2, 0) is 32.2 Å². The predicted molar refractivity (Wildman–Crippen MR) is 179 cm³/mol. The van der Waals surface area contributed by atoms with E-state index in [1.165, 1.54) is 12.5 Å². The van der Waals surface area contributed by atoms with Crippen LogP contribution in [0, 0.1) is 0 Å². The molecule has 246 valence electrons. The number of carbonyl (C=O) groups excluding carboxylic acids is 2. The Hall–Kier alpha value is -3.60. The van der Waals surface area contributed by atoms with Crippen LogP contribution >= 0.6 is 0 Å². The van der Waals surface area contributed by atoms with Crippen LogP contribution in [0.25, 0.3) is 0 Å². The number of hydrogen-bond donors (Lipinski definition) is 3. The molecule has 5 rings (SSSR count). The third-order valence-corrected chi connectivity index (χ3v) is 8.69. The summed E-state index contributed by atoms with van der Waals surface area (Å²) >= 11 is 0. The molecule has 2 saturated heterocycles. The molecule has 0 unspecified atom stereocenters. The van der Waals surface area contributed by atoms with Gasteiger partial charge in [-0.05, 0) is 41.7 Å². The van der Waals surface area contributed by atoms with Crippen molar-refractivity contribution in [1.29, 1.82) is 0 Å². The van der Waals surface area contributed by atoms with Crippen LogP contribution in [0.4, 0.5) is 5.69 Å². The topological polar surface area (TPSA) is 103 Å². The first-order chi connectivity index (χ1) is 22.4. The fourth-order valence-electron chi connectivity index (χ4n) is 6.13. The predicted octanol–water partition coefficient (Wildman–Crippen LogP) is 5.18. The molecule has 9 nitrogen and oxygen atoms in total. The molecule has 2 fully saturated rings. The first kappa shape index (κ1) is 33.8. The van der Waals surface area contributed by atoms with Gasteiger partial charge in [-0.25, -0.2) is 0 Å². The second-order valence-corrected chi connectivity index (χ2v) is 12.4. The third-order valence-electron chi connectivity index (χ3n) is 8.69. The lowest BCUT2D eigenvalue weighted by atomic mass is 9.99. The van der Waals surface area contributed by atoms with Gasteiger partial charge in [-0.15, -0.1) is 0 Å². The molecule has 3 aromatic rings. The van der Waals surface area contributed by atoms with Gasteiger partial charge in [-0.1, -0.05) is 73.2 Å². The Morgan fingerprint density at radius 1 is 0.826 bits per heavy atom. The lowest BCUT2D eigenvalue weighted by Crippen LogP contribution is -2.49. The van der Waals surface area contributed by atoms with Gasteiger partial charge in [0.25, 0.3) is 0 Å². The summed E-state index contributed by atoms with van der Waals surface area (Å²) in [4.78, 5) is 28.7. The van der Waals surface area contributed by atoms with Crippen LogP contribution in [0.3, 0.4) is 0 Å². The van der Waals surface area contributed by atoms with Crippen molar-refractivity contribution in [3.63, 3.8) is 0 Å². The molecule has 9 heteroatoms. The van der Waals surface area contributed by atoms with E-state index in [1.54, 1.807) is 0 Å². The number of amides is 2. The lowest BCUT2D eigenvalue weighted by Gasteiger charge is -2.41. The van der Waals surface area contributed by atoms with Gasteiger partial charge in [0.2, 0.25) is 11.8 Å². The van der Waals surface area contributed by atoms with Gasteiger partial charge in [0.1, 0.15) is 0 Å². The minimum absolute atomic E-state index is 0.00595. The van der Waals surface area contributed by atoms with Crippen LogP contribution in [-0.4, -0.2) is 72.1 Å². The maximum atomic E-state index is 12.7. The summed E-state index contributed by atoms with van der Waals surface area (Å²) in [6, 6.07) is 26.3. The average molecular weight is 629 g/mol. The molecule has 0 aromatic heterocycles. The maximum Gasteiger partial charge on any atom is 0.224 e. The highest BCUT2D eigenvalue weighted by atomic mass is 16.7. The molecule has 46 heavy (non-hydrogen) atoms. The van der Waals surface area contributed by atoms with Crippen molar-refractivity contribution in [3.05, 3.63) is 101 Å². The molecular formula is C37H48N4O5. The second-order valence-electron chi connectivity index (χ2n) is 12.4. The molecule has 2 heterocycles. The van der Waals surface area contributed by atoms with Crippen molar-refractivity contribution in [2.75, 3.05) is 44.6 Å². The highest BCUT2D eigenvalue weighted by Gasteiger charge is 2.34. The fraction of sp³-hybridized carbons (Fsp3) is 0.459. The zero-order valence-electron chi connectivity index (χ0n) is 26.9. The largest absolute Gasteiger partial charge is 0.392 e. The number of ether oxygens (including phenoxy) is 2. The Morgan fingerprint density at radius 3 is 2.33 bits per heavy atom. The smallest absolute Gasteiger partial charge is 0.224 e. The molecule has 0 aliphatic carbocycles. The van der Waals surface area contributed by atoms with Crippen molar-refractivity contribution in [2.24, 2.45) is 0 Å². The molecule has 0 spiro atoms. The van der Waals surface area contributed by atoms with E-state index in [-0.39, 0.29) is 30.6 Å². The van der Waals surface area contributed by atoms with Crippen LogP contribution in [0.2, 0.25) is 0 Å². The molecular weight excluding hydrogens is 580 g/mol. The highest BCUT2D eigenvalue weighted by molar-refractivity contribution is 5.90. The number of rotatable bonds is 14. The van der Waals surface area contributed by atoms with Crippen LogP contribution in [0.1, 0.15) is 73.7 Å². The first-order valence-electron chi connectivity index (χ1n) is 16.6. The van der Waals surface area contributed by atoms with Gasteiger partial charge in [0, 0.05) is 76.8 Å². The van der Waals surface area contributed by atoms with Crippen molar-refractivity contribution in [3.8, 4) is 0 Å². The summed E-state index contributed by atoms with van der Waals surface area (Å²) in [5, 5.41) is 15.4. The molecule has 2 amide bonds. The van der Waals surface area contributed by atoms with Gasteiger partial charge in [0.15, 0.2) is 6.29 Å². The summed E-state index contributed by atoms with van der Waals surface area (Å²) in [6.07, 6.45) is 2.88. The van der Waals surface area contributed by atoms with Crippen molar-refractivity contribution in [2.45, 2.75) is 70.7 Å². The van der Waals surface area contributed by atoms with E-state index in [4.69, 9.17) is 9.47 Å². The van der Waals surface area contributed by atoms with Crippen LogP contribution in [0.15, 0.2) is 78.9 Å². The van der Waals surface area contributed by atoms with Crippen molar-refractivity contribution in [1.82, 2.24) is 15.1 Å². The monoisotopic (exact) mass is 628 g/mol. The molecule has 0 radical (unpaired) electrons. The Kier molecular flexibility index (Phi) is 12.7. The van der Waals surface area contributed by atoms with E-state index in [2.05, 4.69) is 50.8 Å². The molecule has 3 atom stereocenters. The zero-order chi connectivity index (χ0) is 32.1. The Morgan fingerprint density at radius 2 is 1.59 bits per heavy atom. The summed E-state index contributed by atoms with van der Waals surface area (Å²) in [6.45, 7) is 7.96. The first-order valence-corrected chi connectivity index (χ1v) is 16.6. The normalized spacial score (nSPS) is 20.7. The van der Waals surface area contributed by atoms with Gasteiger partial charge in [0.05, 0.1) is 18.8 Å². The summed E-state index contributed by atoms with van der Waals surface area (Å²) in [7, 11) is 0. The van der Waals surface area contributed by atoms with E-state index in [0.717, 1.165) is 81.6 Å². The number of piperazine rings is 1. The Bertz CT molecular complexity index is 1380. The number of hydrogen-bond acceptors (Lipinski definition) is 7. The lowest BCUT2D eigenvalue weighted by molar-refractivity contribution is -0.253. The summed E-state index contributed by atoms with van der Waals surface area (Å²) in [5.74, 6) is -0.0635. The number of anilines is 1. The van der Waals surface area contributed by atoms with Crippen molar-refractivity contribution >= 4 is 17.5 Å². The highest BCUT2D eigenvalue weighted by Crippen LogP contribution is 2.38. The van der Waals surface area contributed by atoms with Gasteiger partial charge in [-0.3, -0.25) is 19.4 Å². The van der Waals surface area contributed by atoms with Crippen LogP contribution < -0.4 is 10.6 Å². The minimum Gasteiger partial charge on any atom is -0.392 e. The molecule has 0 bridgehead atoms. The number of unbranched alkanes of at least 4 members (excludes halogenated alkanes) is 2. The van der Waals surface area contributed by atoms with E-state index in [1.807, 2.05) is 48.5 Å². The van der Waals surface area contributed by atoms with E-state index < -0.39 is 6.29 Å². The fourth-order valence-corrected chi connectivity index (χ4v) is 6.13. The van der Waals surface area contributed by atoms with E-state index >= 15 is 0 Å². The van der Waals surface area contributed by atoms with E-state index in [9.17, 15) is 14.7 Å². The van der Waals surface area contributed by atoms with E-state index in [0.29, 0.717) is 18.7 Å². The van der Waals surface area contributed by atoms with Gasteiger partial charge >= 0.3 is 0 Å². The number of nitrogens with zero attached hydrogens (tertiary/aromatic N) is 2. The minimum atomic E-state index is -0.578. The number of benzene rings is 3. The molecule has 3 N–H and O–H groups in total. The van der Waals surface area contributed by atoms with Crippen LogP contribution in [0.5, 0.6) is 0 Å². The summed E-state index contributed by atoms with van der Waals surface area (Å²) < 4.78 is 13.2.